The van der Waals surface area contributed by atoms with Crippen LogP contribution in [0.5, 0.6) is 0 Å². The Hall–Kier alpha value is -1.34. The molecule has 0 aliphatic carbocycles. The van der Waals surface area contributed by atoms with Crippen molar-refractivity contribution in [2.75, 3.05) is 6.61 Å². The summed E-state index contributed by atoms with van der Waals surface area (Å²) in [4.78, 5) is 22.7. The molecule has 0 amide bonds. The number of halogens is 4. The molecule has 148 valence electrons. The zero-order chi connectivity index (χ0) is 19.3. The molecule has 0 fully saturated rings. The Labute approximate surface area is 146 Å². The lowest BCUT2D eigenvalue weighted by Gasteiger charge is -2.15. The first-order chi connectivity index (χ1) is 11.7. The highest BCUT2D eigenvalue weighted by Gasteiger charge is 2.42. The van der Waals surface area contributed by atoms with Crippen LogP contribution in [0.4, 0.5) is 17.6 Å². The van der Waals surface area contributed by atoms with E-state index in [4.69, 9.17) is 4.74 Å². The molecule has 0 saturated carbocycles. The Balaban J connectivity index is 3.79. The lowest BCUT2D eigenvalue weighted by Crippen LogP contribution is -2.33. The third-order valence-corrected chi connectivity index (χ3v) is 3.57. The van der Waals surface area contributed by atoms with Crippen LogP contribution in [0.3, 0.4) is 0 Å². The van der Waals surface area contributed by atoms with E-state index in [1.54, 1.807) is 6.92 Å². The van der Waals surface area contributed by atoms with E-state index >= 15 is 0 Å². The molecule has 1 unspecified atom stereocenters. The van der Waals surface area contributed by atoms with E-state index < -0.39 is 37.3 Å². The summed E-state index contributed by atoms with van der Waals surface area (Å²) in [6.07, 6.45) is 2.41. The summed E-state index contributed by atoms with van der Waals surface area (Å²) in [7, 11) is 0. The number of rotatable bonds is 14. The lowest BCUT2D eigenvalue weighted by molar-refractivity contribution is -0.180. The van der Waals surface area contributed by atoms with E-state index in [1.807, 2.05) is 0 Å². The highest BCUT2D eigenvalue weighted by atomic mass is 19.3. The van der Waals surface area contributed by atoms with Crippen LogP contribution in [-0.2, 0) is 19.1 Å². The van der Waals surface area contributed by atoms with Crippen molar-refractivity contribution in [3.63, 3.8) is 0 Å². The van der Waals surface area contributed by atoms with E-state index in [9.17, 15) is 27.2 Å². The zero-order valence-electron chi connectivity index (χ0n) is 14.9. The quantitative estimate of drug-likeness (QED) is 0.247. The fourth-order valence-electron chi connectivity index (χ4n) is 2.07. The van der Waals surface area contributed by atoms with Crippen molar-refractivity contribution < 1.29 is 36.6 Å². The monoisotopic (exact) mass is 372 g/mol. The molecule has 0 N–H and O–H groups in total. The van der Waals surface area contributed by atoms with Crippen LogP contribution in [0.25, 0.3) is 0 Å². The van der Waals surface area contributed by atoms with Crippen molar-refractivity contribution in [2.24, 2.45) is 0 Å². The molecular weight excluding hydrogens is 344 g/mol. The maximum absolute atomic E-state index is 12.6. The molecule has 0 radical (unpaired) electrons. The fourth-order valence-corrected chi connectivity index (χ4v) is 2.07. The highest BCUT2D eigenvalue weighted by Crippen LogP contribution is 2.23. The highest BCUT2D eigenvalue weighted by molar-refractivity contribution is 5.77. The predicted octanol–water partition coefficient (Wildman–Crippen LogP) is 4.89. The van der Waals surface area contributed by atoms with Gasteiger partial charge in [-0.1, -0.05) is 39.0 Å². The first-order valence-corrected chi connectivity index (χ1v) is 8.70. The molecule has 0 saturated heterocycles. The van der Waals surface area contributed by atoms with Gasteiger partial charge in [0.1, 0.15) is 0 Å². The number of esters is 2. The van der Waals surface area contributed by atoms with Gasteiger partial charge in [0.05, 0.1) is 18.9 Å². The summed E-state index contributed by atoms with van der Waals surface area (Å²) in [5.41, 5.74) is 0. The van der Waals surface area contributed by atoms with Crippen molar-refractivity contribution in [2.45, 2.75) is 90.1 Å². The standard InChI is InChI=1S/C17H28F4O4/c1-3-4-5-6-7-8-9-13(2)25-15(23)11-10-14(22)24-12-17(20,21)16(18)19/h13,16H,3-12H2,1-2H3. The van der Waals surface area contributed by atoms with Crippen molar-refractivity contribution in [3.05, 3.63) is 0 Å². The first-order valence-electron chi connectivity index (χ1n) is 8.70. The first kappa shape index (κ1) is 23.7. The van der Waals surface area contributed by atoms with Crippen LogP contribution in [-0.4, -0.2) is 37.0 Å². The van der Waals surface area contributed by atoms with Crippen LogP contribution >= 0.6 is 0 Å². The number of hydrogen-bond acceptors (Lipinski definition) is 4. The van der Waals surface area contributed by atoms with Gasteiger partial charge in [0.15, 0.2) is 6.61 Å². The molecule has 0 bridgehead atoms. The smallest absolute Gasteiger partial charge is 0.340 e. The number of alkyl halides is 4. The SMILES string of the molecule is CCCCCCCCC(C)OC(=O)CCC(=O)OCC(F)(F)C(F)F. The van der Waals surface area contributed by atoms with Crippen LogP contribution < -0.4 is 0 Å². The molecule has 0 heterocycles. The summed E-state index contributed by atoms with van der Waals surface area (Å²) in [6.45, 7) is 2.18. The third kappa shape index (κ3) is 12.6. The molecule has 0 aliphatic heterocycles. The Kier molecular flexibility index (Phi) is 12.2. The minimum absolute atomic E-state index is 0.294. The van der Waals surface area contributed by atoms with Gasteiger partial charge >= 0.3 is 24.3 Å². The zero-order valence-corrected chi connectivity index (χ0v) is 14.9. The number of ether oxygens (including phenoxy) is 2. The van der Waals surface area contributed by atoms with Crippen LogP contribution in [0.15, 0.2) is 0 Å². The molecule has 0 rings (SSSR count). The van der Waals surface area contributed by atoms with Gasteiger partial charge in [-0.3, -0.25) is 9.59 Å². The summed E-state index contributed by atoms with van der Waals surface area (Å²) in [6, 6.07) is 0. The van der Waals surface area contributed by atoms with E-state index in [1.165, 1.54) is 19.3 Å². The number of unbranched alkanes of at least 4 members (excludes halogenated alkanes) is 5. The molecule has 1 atom stereocenters. The van der Waals surface area contributed by atoms with Crippen molar-refractivity contribution in [3.8, 4) is 0 Å². The molecule has 0 spiro atoms. The summed E-state index contributed by atoms with van der Waals surface area (Å²) in [5, 5.41) is 0. The van der Waals surface area contributed by atoms with Gasteiger partial charge < -0.3 is 9.47 Å². The lowest BCUT2D eigenvalue weighted by atomic mass is 10.1. The molecule has 0 aromatic carbocycles. The van der Waals surface area contributed by atoms with E-state index in [-0.39, 0.29) is 12.5 Å². The maximum atomic E-state index is 12.6. The van der Waals surface area contributed by atoms with Crippen molar-refractivity contribution >= 4 is 11.9 Å². The van der Waals surface area contributed by atoms with Crippen molar-refractivity contribution in [1.29, 1.82) is 0 Å². The third-order valence-electron chi connectivity index (χ3n) is 3.57. The Morgan fingerprint density at radius 3 is 2.12 bits per heavy atom. The van der Waals surface area contributed by atoms with Gasteiger partial charge in [-0.15, -0.1) is 0 Å². The second-order valence-corrected chi connectivity index (χ2v) is 6.08. The largest absolute Gasteiger partial charge is 0.463 e. The van der Waals surface area contributed by atoms with Gasteiger partial charge in [0.2, 0.25) is 0 Å². The minimum atomic E-state index is -4.39. The molecule has 8 heteroatoms. The summed E-state index contributed by atoms with van der Waals surface area (Å²) >= 11 is 0. The van der Waals surface area contributed by atoms with Crippen LogP contribution in [0, 0.1) is 0 Å². The fraction of sp³-hybridized carbons (Fsp3) is 0.882. The Morgan fingerprint density at radius 1 is 0.960 bits per heavy atom. The topological polar surface area (TPSA) is 52.6 Å². The van der Waals surface area contributed by atoms with Crippen LogP contribution in [0.1, 0.15) is 71.6 Å². The van der Waals surface area contributed by atoms with E-state index in [0.29, 0.717) is 6.42 Å². The predicted molar refractivity (Wildman–Crippen MR) is 84.7 cm³/mol. The Morgan fingerprint density at radius 2 is 1.52 bits per heavy atom. The van der Waals surface area contributed by atoms with Crippen molar-refractivity contribution in [1.82, 2.24) is 0 Å². The summed E-state index contributed by atoms with van der Waals surface area (Å²) in [5.74, 6) is -6.17. The van der Waals surface area contributed by atoms with E-state index in [0.717, 1.165) is 19.3 Å². The van der Waals surface area contributed by atoms with Gasteiger partial charge in [0, 0.05) is 0 Å². The second-order valence-electron chi connectivity index (χ2n) is 6.08. The van der Waals surface area contributed by atoms with Gasteiger partial charge in [-0.25, -0.2) is 8.78 Å². The molecule has 4 nitrogen and oxygen atoms in total. The molecule has 0 aromatic rings. The number of carbonyl (C=O) groups is 2. The minimum Gasteiger partial charge on any atom is -0.463 e. The second kappa shape index (κ2) is 12.9. The molecule has 0 aromatic heterocycles. The van der Waals surface area contributed by atoms with Crippen LogP contribution in [0.2, 0.25) is 0 Å². The number of carbonyl (C=O) groups excluding carboxylic acids is 2. The molecule has 0 aliphatic rings. The maximum Gasteiger partial charge on any atom is 0.340 e. The van der Waals surface area contributed by atoms with Gasteiger partial charge in [-0.05, 0) is 19.8 Å². The summed E-state index contributed by atoms with van der Waals surface area (Å²) < 4.78 is 58.1. The Bertz CT molecular complexity index is 389. The normalized spacial score (nSPS) is 12.9. The molecular formula is C17H28F4O4. The average molecular weight is 372 g/mol. The number of hydrogen-bond donors (Lipinski definition) is 0. The van der Waals surface area contributed by atoms with E-state index in [2.05, 4.69) is 11.7 Å². The van der Waals surface area contributed by atoms with Gasteiger partial charge in [-0.2, -0.15) is 8.78 Å². The molecule has 25 heavy (non-hydrogen) atoms. The average Bonchev–Trinajstić information content (AvgIpc) is 2.54. The van der Waals surface area contributed by atoms with Gasteiger partial charge in [0.25, 0.3) is 0 Å².